The molecule has 1 aliphatic rings. The van der Waals surface area contributed by atoms with E-state index in [1.165, 1.54) is 5.01 Å². The van der Waals surface area contributed by atoms with Gasteiger partial charge in [0.1, 0.15) is 0 Å². The lowest BCUT2D eigenvalue weighted by Crippen LogP contribution is -2.47. The van der Waals surface area contributed by atoms with E-state index in [1.807, 2.05) is 32.0 Å². The molecule has 1 aromatic heterocycles. The van der Waals surface area contributed by atoms with Crippen LogP contribution in [0.5, 0.6) is 11.5 Å². The molecule has 1 amide bonds. The zero-order valence-corrected chi connectivity index (χ0v) is 17.8. The summed E-state index contributed by atoms with van der Waals surface area (Å²) in [5.74, 6) is 1.93. The molecule has 1 aromatic carbocycles. The van der Waals surface area contributed by atoms with Gasteiger partial charge in [-0.05, 0) is 57.5 Å². The number of methoxy groups -OCH3 is 2. The van der Waals surface area contributed by atoms with Crippen molar-refractivity contribution in [1.82, 2.24) is 15.2 Å². The molecule has 28 heavy (non-hydrogen) atoms. The van der Waals surface area contributed by atoms with Crippen molar-refractivity contribution >= 4 is 17.2 Å². The highest BCUT2D eigenvalue weighted by molar-refractivity contribution is 7.09. The zero-order valence-electron chi connectivity index (χ0n) is 17.0. The van der Waals surface area contributed by atoms with Gasteiger partial charge in [0.25, 0.3) is 0 Å². The minimum atomic E-state index is -0.140. The fraction of sp³-hybridized carbons (Fsp3) is 0.524. The molecule has 1 atom stereocenters. The number of rotatable bonds is 7. The number of ether oxygens (including phenoxy) is 2. The predicted octanol–water partition coefficient (Wildman–Crippen LogP) is 3.35. The van der Waals surface area contributed by atoms with Crippen LogP contribution in [0.4, 0.5) is 0 Å². The summed E-state index contributed by atoms with van der Waals surface area (Å²) in [5.41, 5.74) is 2.08. The number of piperidine rings is 1. The first kappa shape index (κ1) is 20.6. The molecule has 6 nitrogen and oxygen atoms in total. The summed E-state index contributed by atoms with van der Waals surface area (Å²) in [6.07, 6.45) is 2.11. The number of thiazole rings is 1. The van der Waals surface area contributed by atoms with Crippen molar-refractivity contribution in [3.8, 4) is 11.5 Å². The monoisotopic (exact) mass is 403 g/mol. The maximum absolute atomic E-state index is 12.6. The van der Waals surface area contributed by atoms with Gasteiger partial charge in [0, 0.05) is 23.5 Å². The van der Waals surface area contributed by atoms with Crippen molar-refractivity contribution < 1.29 is 14.3 Å². The SMILES string of the molecule is COc1ccc(CNC(=O)C(C)N2CCC(c3nc(C)cs3)CC2)cc1OC. The topological polar surface area (TPSA) is 63.7 Å². The van der Waals surface area contributed by atoms with E-state index in [1.54, 1.807) is 25.6 Å². The zero-order chi connectivity index (χ0) is 20.1. The number of carbonyl (C=O) groups excluding carboxylic acids is 1. The van der Waals surface area contributed by atoms with Gasteiger partial charge in [0.2, 0.25) is 5.91 Å². The highest BCUT2D eigenvalue weighted by Crippen LogP contribution is 2.31. The van der Waals surface area contributed by atoms with Gasteiger partial charge in [-0.1, -0.05) is 6.07 Å². The number of aromatic nitrogens is 1. The Bertz CT molecular complexity index is 800. The van der Waals surface area contributed by atoms with Gasteiger partial charge in [-0.25, -0.2) is 4.98 Å². The number of nitrogens with one attached hydrogen (secondary N) is 1. The third kappa shape index (κ3) is 4.83. The van der Waals surface area contributed by atoms with Crippen molar-refractivity contribution in [1.29, 1.82) is 0 Å². The Morgan fingerprint density at radius 1 is 1.29 bits per heavy atom. The van der Waals surface area contributed by atoms with Crippen LogP contribution in [0.3, 0.4) is 0 Å². The molecule has 0 aliphatic carbocycles. The highest BCUT2D eigenvalue weighted by Gasteiger charge is 2.28. The van der Waals surface area contributed by atoms with Crippen molar-refractivity contribution in [2.24, 2.45) is 0 Å². The molecule has 1 unspecified atom stereocenters. The van der Waals surface area contributed by atoms with Crippen molar-refractivity contribution in [3.63, 3.8) is 0 Å². The Labute approximate surface area is 170 Å². The van der Waals surface area contributed by atoms with Gasteiger partial charge in [0.05, 0.1) is 25.3 Å². The average molecular weight is 404 g/mol. The van der Waals surface area contributed by atoms with Crippen LogP contribution in [-0.4, -0.2) is 49.1 Å². The molecule has 7 heteroatoms. The first-order valence-corrected chi connectivity index (χ1v) is 10.5. The Kier molecular flexibility index (Phi) is 6.91. The predicted molar refractivity (Wildman–Crippen MR) is 111 cm³/mol. The van der Waals surface area contributed by atoms with Crippen LogP contribution in [0.15, 0.2) is 23.6 Å². The molecule has 1 N–H and O–H groups in total. The van der Waals surface area contributed by atoms with E-state index >= 15 is 0 Å². The Hall–Kier alpha value is -2.12. The van der Waals surface area contributed by atoms with Crippen LogP contribution in [0.2, 0.25) is 0 Å². The summed E-state index contributed by atoms with van der Waals surface area (Å²) < 4.78 is 10.6. The minimum Gasteiger partial charge on any atom is -0.493 e. The molecule has 0 spiro atoms. The van der Waals surface area contributed by atoms with Gasteiger partial charge in [0.15, 0.2) is 11.5 Å². The van der Waals surface area contributed by atoms with Gasteiger partial charge >= 0.3 is 0 Å². The Morgan fingerprint density at radius 3 is 2.61 bits per heavy atom. The molecule has 2 heterocycles. The van der Waals surface area contributed by atoms with Crippen LogP contribution >= 0.6 is 11.3 Å². The smallest absolute Gasteiger partial charge is 0.237 e. The van der Waals surface area contributed by atoms with Crippen molar-refractivity contribution in [2.45, 2.75) is 45.2 Å². The van der Waals surface area contributed by atoms with Crippen LogP contribution in [0, 0.1) is 6.92 Å². The van der Waals surface area contributed by atoms with Crippen molar-refractivity contribution in [3.05, 3.63) is 39.8 Å². The number of amides is 1. The lowest BCUT2D eigenvalue weighted by molar-refractivity contribution is -0.126. The molecule has 2 aromatic rings. The normalized spacial score (nSPS) is 16.6. The second kappa shape index (κ2) is 9.39. The summed E-state index contributed by atoms with van der Waals surface area (Å²) in [5, 5.41) is 6.40. The number of hydrogen-bond acceptors (Lipinski definition) is 6. The largest absolute Gasteiger partial charge is 0.493 e. The Balaban J connectivity index is 1.50. The van der Waals surface area contributed by atoms with Gasteiger partial charge in [-0.15, -0.1) is 11.3 Å². The van der Waals surface area contributed by atoms with Gasteiger partial charge < -0.3 is 14.8 Å². The first-order valence-electron chi connectivity index (χ1n) is 9.66. The maximum atomic E-state index is 12.6. The molecular formula is C21H29N3O3S. The summed E-state index contributed by atoms with van der Waals surface area (Å²) in [6.45, 7) is 6.35. The molecule has 0 radical (unpaired) electrons. The summed E-state index contributed by atoms with van der Waals surface area (Å²) in [4.78, 5) is 19.5. The Morgan fingerprint density at radius 2 is 2.00 bits per heavy atom. The van der Waals surface area contributed by atoms with E-state index in [0.717, 1.165) is 37.2 Å². The molecule has 3 rings (SSSR count). The molecule has 152 valence electrons. The van der Waals surface area contributed by atoms with E-state index in [4.69, 9.17) is 9.47 Å². The van der Waals surface area contributed by atoms with E-state index in [9.17, 15) is 4.79 Å². The van der Waals surface area contributed by atoms with Crippen LogP contribution in [0.1, 0.15) is 41.9 Å². The van der Waals surface area contributed by atoms with E-state index < -0.39 is 0 Å². The maximum Gasteiger partial charge on any atom is 0.237 e. The fourth-order valence-corrected chi connectivity index (χ4v) is 4.56. The first-order chi connectivity index (χ1) is 13.5. The molecule has 0 saturated carbocycles. The summed E-state index contributed by atoms with van der Waals surface area (Å²) in [7, 11) is 3.22. The lowest BCUT2D eigenvalue weighted by Gasteiger charge is -2.34. The minimum absolute atomic E-state index is 0.0540. The molecular weight excluding hydrogens is 374 g/mol. The van der Waals surface area contributed by atoms with E-state index in [2.05, 4.69) is 20.6 Å². The molecule has 1 aliphatic heterocycles. The molecule has 1 saturated heterocycles. The van der Waals surface area contributed by atoms with Crippen LogP contribution in [0.25, 0.3) is 0 Å². The molecule has 0 bridgehead atoms. The van der Waals surface area contributed by atoms with Gasteiger partial charge in [-0.2, -0.15) is 0 Å². The standard InChI is InChI=1S/C21H29N3O3S/c1-14-13-28-21(23-14)17-7-9-24(10-8-17)15(2)20(25)22-12-16-5-6-18(26-3)19(11-16)27-4/h5-6,11,13,15,17H,7-10,12H2,1-4H3,(H,22,25). The third-order valence-corrected chi connectivity index (χ3v) is 6.48. The number of hydrogen-bond donors (Lipinski definition) is 1. The van der Waals surface area contributed by atoms with Crippen LogP contribution in [-0.2, 0) is 11.3 Å². The lowest BCUT2D eigenvalue weighted by atomic mass is 9.96. The van der Waals surface area contributed by atoms with E-state index in [-0.39, 0.29) is 11.9 Å². The fourth-order valence-electron chi connectivity index (χ4n) is 3.59. The quantitative estimate of drug-likeness (QED) is 0.768. The number of aryl methyl sites for hydroxylation is 1. The third-order valence-electron chi connectivity index (χ3n) is 5.36. The van der Waals surface area contributed by atoms with Crippen molar-refractivity contribution in [2.75, 3.05) is 27.3 Å². The highest BCUT2D eigenvalue weighted by atomic mass is 32.1. The summed E-state index contributed by atoms with van der Waals surface area (Å²) in [6, 6.07) is 5.55. The average Bonchev–Trinajstić information content (AvgIpc) is 3.17. The van der Waals surface area contributed by atoms with Gasteiger partial charge in [-0.3, -0.25) is 9.69 Å². The summed E-state index contributed by atoms with van der Waals surface area (Å²) >= 11 is 1.76. The van der Waals surface area contributed by atoms with E-state index in [0.29, 0.717) is 24.0 Å². The second-order valence-electron chi connectivity index (χ2n) is 7.22. The number of nitrogens with zero attached hydrogens (tertiary/aromatic N) is 2. The molecule has 1 fully saturated rings. The number of carbonyl (C=O) groups is 1. The second-order valence-corrected chi connectivity index (χ2v) is 8.11. The number of benzene rings is 1. The van der Waals surface area contributed by atoms with Crippen LogP contribution < -0.4 is 14.8 Å². The number of likely N-dealkylation sites (tertiary alicyclic amines) is 1.